The molecule has 1 N–H and O–H groups in total. The van der Waals surface area contributed by atoms with Crippen LogP contribution in [0.3, 0.4) is 0 Å². The Balaban J connectivity index is 1.49. The van der Waals surface area contributed by atoms with Gasteiger partial charge in [-0.05, 0) is 49.1 Å². The lowest BCUT2D eigenvalue weighted by Crippen LogP contribution is -2.35. The number of likely N-dealkylation sites (N-methyl/N-ethyl adjacent to an activating group) is 1. The molecule has 0 aliphatic carbocycles. The van der Waals surface area contributed by atoms with Gasteiger partial charge >= 0.3 is 0 Å². The van der Waals surface area contributed by atoms with Crippen molar-refractivity contribution in [3.05, 3.63) is 60.2 Å². The number of hydrogen-bond acceptors (Lipinski definition) is 4. The number of rotatable bonds is 8. The van der Waals surface area contributed by atoms with Crippen LogP contribution >= 0.6 is 0 Å². The zero-order valence-electron chi connectivity index (χ0n) is 17.8. The van der Waals surface area contributed by atoms with Gasteiger partial charge in [0.05, 0.1) is 11.4 Å². The topological polar surface area (TPSA) is 86.8 Å². The molecule has 2 aromatic rings. The Kier molecular flexibility index (Phi) is 7.81. The third kappa shape index (κ3) is 6.38. The third-order valence-electron chi connectivity index (χ3n) is 5.37. The lowest BCUT2D eigenvalue weighted by molar-refractivity contribution is -0.133. The summed E-state index contributed by atoms with van der Waals surface area (Å²) in [6.07, 6.45) is 3.59. The Labute approximate surface area is 184 Å². The number of para-hydroxylation sites is 1. The van der Waals surface area contributed by atoms with E-state index < -0.39 is 10.0 Å². The maximum Gasteiger partial charge on any atom is 0.243 e. The van der Waals surface area contributed by atoms with Crippen molar-refractivity contribution >= 4 is 27.5 Å². The molecule has 3 rings (SSSR count). The van der Waals surface area contributed by atoms with Gasteiger partial charge in [-0.3, -0.25) is 9.59 Å². The molecule has 1 aliphatic heterocycles. The molecule has 2 amide bonds. The molecule has 1 aliphatic rings. The highest BCUT2D eigenvalue weighted by Gasteiger charge is 2.25. The van der Waals surface area contributed by atoms with E-state index in [9.17, 15) is 18.0 Å². The first kappa shape index (κ1) is 23.0. The van der Waals surface area contributed by atoms with Crippen LogP contribution in [0.4, 0.5) is 5.69 Å². The number of carbonyl (C=O) groups excluding carboxylic acids is 2. The van der Waals surface area contributed by atoms with Crippen molar-refractivity contribution in [2.24, 2.45) is 0 Å². The molecule has 1 heterocycles. The predicted molar refractivity (Wildman–Crippen MR) is 120 cm³/mol. The van der Waals surface area contributed by atoms with Gasteiger partial charge in [-0.15, -0.1) is 0 Å². The zero-order valence-corrected chi connectivity index (χ0v) is 18.6. The normalized spacial score (nSPS) is 14.7. The summed E-state index contributed by atoms with van der Waals surface area (Å²) in [6, 6.07) is 15.8. The predicted octanol–water partition coefficient (Wildman–Crippen LogP) is 2.89. The molecule has 2 aromatic carbocycles. The first-order valence-electron chi connectivity index (χ1n) is 10.5. The van der Waals surface area contributed by atoms with Crippen molar-refractivity contribution in [3.8, 4) is 0 Å². The highest BCUT2D eigenvalue weighted by molar-refractivity contribution is 7.89. The van der Waals surface area contributed by atoms with E-state index in [2.05, 4.69) is 5.32 Å². The number of carbonyl (C=O) groups is 2. The molecular weight excluding hydrogens is 414 g/mol. The Morgan fingerprint density at radius 1 is 0.968 bits per heavy atom. The number of nitrogens with one attached hydrogen (secondary N) is 1. The van der Waals surface area contributed by atoms with E-state index in [0.717, 1.165) is 24.8 Å². The fourth-order valence-electron chi connectivity index (χ4n) is 3.55. The molecule has 1 fully saturated rings. The molecule has 166 valence electrons. The number of sulfonamides is 1. The second kappa shape index (κ2) is 10.5. The highest BCUT2D eigenvalue weighted by Crippen LogP contribution is 2.21. The fraction of sp³-hybridized carbons (Fsp3) is 0.391. The van der Waals surface area contributed by atoms with Crippen LogP contribution in [0.15, 0.2) is 59.5 Å². The number of nitrogens with zero attached hydrogens (tertiary/aromatic N) is 2. The quantitative estimate of drug-likeness (QED) is 0.680. The SMILES string of the molecule is CN(CC(=O)Nc1ccccc1)C(=O)CCc1ccc(S(=O)(=O)N2CCCCC2)cc1. The van der Waals surface area contributed by atoms with Gasteiger partial charge in [0.25, 0.3) is 0 Å². The third-order valence-corrected chi connectivity index (χ3v) is 7.28. The van der Waals surface area contributed by atoms with Gasteiger partial charge in [-0.2, -0.15) is 4.31 Å². The van der Waals surface area contributed by atoms with Crippen molar-refractivity contribution < 1.29 is 18.0 Å². The van der Waals surface area contributed by atoms with Gasteiger partial charge in [0.2, 0.25) is 21.8 Å². The Morgan fingerprint density at radius 3 is 2.26 bits per heavy atom. The summed E-state index contributed by atoms with van der Waals surface area (Å²) in [5.41, 5.74) is 1.57. The number of piperidine rings is 1. The Hall–Kier alpha value is -2.71. The van der Waals surface area contributed by atoms with Gasteiger partial charge in [-0.25, -0.2) is 8.42 Å². The Bertz CT molecular complexity index is 985. The standard InChI is InChI=1S/C23H29N3O4S/c1-25(18-22(27)24-20-8-4-2-5-9-20)23(28)15-12-19-10-13-21(14-11-19)31(29,30)26-16-6-3-7-17-26/h2,4-5,8-11,13-14H,3,6-7,12,15-18H2,1H3,(H,24,27). The number of aryl methyl sites for hydroxylation is 1. The molecule has 0 bridgehead atoms. The molecule has 0 radical (unpaired) electrons. The lowest BCUT2D eigenvalue weighted by atomic mass is 10.1. The van der Waals surface area contributed by atoms with Crippen LogP contribution in [0.25, 0.3) is 0 Å². The number of amides is 2. The van der Waals surface area contributed by atoms with Crippen LogP contribution in [-0.4, -0.2) is 56.1 Å². The minimum absolute atomic E-state index is 0.0270. The molecular formula is C23H29N3O4S. The van der Waals surface area contributed by atoms with Gasteiger partial charge in [0.15, 0.2) is 0 Å². The number of anilines is 1. The molecule has 31 heavy (non-hydrogen) atoms. The van der Waals surface area contributed by atoms with E-state index in [-0.39, 0.29) is 24.8 Å². The first-order chi connectivity index (χ1) is 14.9. The average Bonchev–Trinajstić information content (AvgIpc) is 2.79. The lowest BCUT2D eigenvalue weighted by Gasteiger charge is -2.25. The summed E-state index contributed by atoms with van der Waals surface area (Å²) in [5, 5.41) is 2.76. The molecule has 0 unspecified atom stereocenters. The second-order valence-electron chi connectivity index (χ2n) is 7.77. The van der Waals surface area contributed by atoms with Crippen LogP contribution in [0.5, 0.6) is 0 Å². The van der Waals surface area contributed by atoms with Crippen molar-refractivity contribution in [2.45, 2.75) is 37.0 Å². The summed E-state index contributed by atoms with van der Waals surface area (Å²) in [7, 11) is -1.85. The van der Waals surface area contributed by atoms with E-state index >= 15 is 0 Å². The average molecular weight is 444 g/mol. The second-order valence-corrected chi connectivity index (χ2v) is 9.71. The molecule has 0 spiro atoms. The van der Waals surface area contributed by atoms with Gasteiger partial charge in [-0.1, -0.05) is 36.8 Å². The minimum atomic E-state index is -3.45. The van der Waals surface area contributed by atoms with E-state index in [0.29, 0.717) is 30.1 Å². The summed E-state index contributed by atoms with van der Waals surface area (Å²) < 4.78 is 27.0. The van der Waals surface area contributed by atoms with Crippen LogP contribution in [-0.2, 0) is 26.0 Å². The minimum Gasteiger partial charge on any atom is -0.336 e. The molecule has 0 aromatic heterocycles. The number of hydrogen-bond donors (Lipinski definition) is 1. The fourth-order valence-corrected chi connectivity index (χ4v) is 5.07. The van der Waals surface area contributed by atoms with Gasteiger partial charge in [0, 0.05) is 32.2 Å². The monoisotopic (exact) mass is 443 g/mol. The largest absolute Gasteiger partial charge is 0.336 e. The number of benzene rings is 2. The van der Waals surface area contributed by atoms with Gasteiger partial charge in [0.1, 0.15) is 0 Å². The van der Waals surface area contributed by atoms with Crippen molar-refractivity contribution in [1.82, 2.24) is 9.21 Å². The van der Waals surface area contributed by atoms with E-state index in [1.54, 1.807) is 47.8 Å². The Morgan fingerprint density at radius 2 is 1.61 bits per heavy atom. The smallest absolute Gasteiger partial charge is 0.243 e. The summed E-state index contributed by atoms with van der Waals surface area (Å²) in [4.78, 5) is 26.2. The maximum absolute atomic E-state index is 12.7. The molecule has 1 saturated heterocycles. The van der Waals surface area contributed by atoms with Crippen LogP contribution in [0, 0.1) is 0 Å². The van der Waals surface area contributed by atoms with Crippen LogP contribution in [0.2, 0.25) is 0 Å². The summed E-state index contributed by atoms with van der Waals surface area (Å²) in [6.45, 7) is 1.12. The van der Waals surface area contributed by atoms with E-state index in [1.807, 2.05) is 18.2 Å². The molecule has 0 saturated carbocycles. The van der Waals surface area contributed by atoms with E-state index in [4.69, 9.17) is 0 Å². The van der Waals surface area contributed by atoms with Crippen LogP contribution < -0.4 is 5.32 Å². The van der Waals surface area contributed by atoms with E-state index in [1.165, 1.54) is 4.90 Å². The summed E-state index contributed by atoms with van der Waals surface area (Å²) in [5.74, 6) is -0.400. The van der Waals surface area contributed by atoms with Crippen molar-refractivity contribution in [1.29, 1.82) is 0 Å². The maximum atomic E-state index is 12.7. The molecule has 7 nitrogen and oxygen atoms in total. The van der Waals surface area contributed by atoms with Crippen molar-refractivity contribution in [2.75, 3.05) is 32.0 Å². The zero-order chi connectivity index (χ0) is 22.3. The molecule has 0 atom stereocenters. The molecule has 8 heteroatoms. The van der Waals surface area contributed by atoms with Crippen molar-refractivity contribution in [3.63, 3.8) is 0 Å². The van der Waals surface area contributed by atoms with Gasteiger partial charge < -0.3 is 10.2 Å². The highest BCUT2D eigenvalue weighted by atomic mass is 32.2. The first-order valence-corrected chi connectivity index (χ1v) is 12.0. The summed E-state index contributed by atoms with van der Waals surface area (Å²) >= 11 is 0. The van der Waals surface area contributed by atoms with Crippen LogP contribution in [0.1, 0.15) is 31.2 Å².